The van der Waals surface area contributed by atoms with E-state index in [1.807, 2.05) is 0 Å². The zero-order chi connectivity index (χ0) is 13.0. The van der Waals surface area contributed by atoms with Crippen LogP contribution in [0.25, 0.3) is 0 Å². The molecule has 2 N–H and O–H groups in total. The standard InChI is InChI=1S/C14H29N3O/c1-16(2)11-13-5-3-8-17(13)14(12-15)6-4-9-18-10-7-14/h13H,3-12,15H2,1-2H3. The minimum Gasteiger partial charge on any atom is -0.381 e. The molecule has 0 aromatic heterocycles. The number of nitrogens with two attached hydrogens (primary N) is 1. The van der Waals surface area contributed by atoms with E-state index in [9.17, 15) is 0 Å². The van der Waals surface area contributed by atoms with E-state index in [-0.39, 0.29) is 5.54 Å². The zero-order valence-electron chi connectivity index (χ0n) is 12.0. The van der Waals surface area contributed by atoms with Crippen molar-refractivity contribution < 1.29 is 4.74 Å². The maximum absolute atomic E-state index is 6.17. The Morgan fingerprint density at radius 2 is 2.11 bits per heavy atom. The molecule has 2 aliphatic heterocycles. The lowest BCUT2D eigenvalue weighted by atomic mass is 9.87. The van der Waals surface area contributed by atoms with Crippen molar-refractivity contribution in [3.05, 3.63) is 0 Å². The lowest BCUT2D eigenvalue weighted by molar-refractivity contribution is 0.0472. The van der Waals surface area contributed by atoms with E-state index < -0.39 is 0 Å². The highest BCUT2D eigenvalue weighted by Crippen LogP contribution is 2.34. The molecule has 0 bridgehead atoms. The van der Waals surface area contributed by atoms with Gasteiger partial charge in [-0.05, 0) is 52.7 Å². The SMILES string of the molecule is CN(C)CC1CCCN1C1(CN)CCCOCC1. The first-order chi connectivity index (χ1) is 8.68. The van der Waals surface area contributed by atoms with Crippen molar-refractivity contribution in [2.24, 2.45) is 5.73 Å². The second kappa shape index (κ2) is 6.33. The van der Waals surface area contributed by atoms with E-state index in [0.29, 0.717) is 6.04 Å². The summed E-state index contributed by atoms with van der Waals surface area (Å²) in [6.45, 7) is 4.94. The van der Waals surface area contributed by atoms with Crippen molar-refractivity contribution in [2.75, 3.05) is 46.9 Å². The molecule has 106 valence electrons. The monoisotopic (exact) mass is 255 g/mol. The van der Waals surface area contributed by atoms with Gasteiger partial charge in [0.25, 0.3) is 0 Å². The maximum atomic E-state index is 6.17. The minimum absolute atomic E-state index is 0.202. The number of likely N-dealkylation sites (N-methyl/N-ethyl adjacent to an activating group) is 1. The maximum Gasteiger partial charge on any atom is 0.0484 e. The van der Waals surface area contributed by atoms with Gasteiger partial charge < -0.3 is 15.4 Å². The lowest BCUT2D eigenvalue weighted by Gasteiger charge is -2.44. The number of ether oxygens (including phenoxy) is 1. The van der Waals surface area contributed by atoms with Crippen LogP contribution in [-0.4, -0.2) is 68.3 Å². The van der Waals surface area contributed by atoms with E-state index in [4.69, 9.17) is 10.5 Å². The van der Waals surface area contributed by atoms with Crippen molar-refractivity contribution in [2.45, 2.75) is 43.7 Å². The number of rotatable bonds is 4. The molecule has 2 saturated heterocycles. The molecule has 0 aromatic rings. The summed E-state index contributed by atoms with van der Waals surface area (Å²) in [5.74, 6) is 0. The molecule has 2 aliphatic rings. The van der Waals surface area contributed by atoms with Gasteiger partial charge in [0, 0.05) is 37.9 Å². The summed E-state index contributed by atoms with van der Waals surface area (Å²) in [6, 6.07) is 0.682. The highest BCUT2D eigenvalue weighted by atomic mass is 16.5. The van der Waals surface area contributed by atoms with Crippen molar-refractivity contribution in [3.63, 3.8) is 0 Å². The van der Waals surface area contributed by atoms with Gasteiger partial charge in [0.15, 0.2) is 0 Å². The number of likely N-dealkylation sites (tertiary alicyclic amines) is 1. The fraction of sp³-hybridized carbons (Fsp3) is 1.00. The van der Waals surface area contributed by atoms with E-state index in [0.717, 1.165) is 39.1 Å². The van der Waals surface area contributed by atoms with Crippen LogP contribution < -0.4 is 5.73 Å². The highest BCUT2D eigenvalue weighted by Gasteiger charge is 2.41. The first kappa shape index (κ1) is 14.3. The van der Waals surface area contributed by atoms with Crippen LogP contribution in [0.15, 0.2) is 0 Å². The van der Waals surface area contributed by atoms with Crippen LogP contribution in [0, 0.1) is 0 Å². The first-order valence-electron chi connectivity index (χ1n) is 7.37. The quantitative estimate of drug-likeness (QED) is 0.811. The third kappa shape index (κ3) is 3.05. The van der Waals surface area contributed by atoms with Gasteiger partial charge in [-0.1, -0.05) is 0 Å². The third-order valence-electron chi connectivity index (χ3n) is 4.58. The summed E-state index contributed by atoms with van der Waals surface area (Å²) in [5, 5.41) is 0. The van der Waals surface area contributed by atoms with Gasteiger partial charge >= 0.3 is 0 Å². The summed E-state index contributed by atoms with van der Waals surface area (Å²) in [5.41, 5.74) is 6.37. The van der Waals surface area contributed by atoms with Crippen LogP contribution in [0.2, 0.25) is 0 Å². The van der Waals surface area contributed by atoms with Gasteiger partial charge in [-0.2, -0.15) is 0 Å². The number of hydrogen-bond acceptors (Lipinski definition) is 4. The van der Waals surface area contributed by atoms with Gasteiger partial charge in [0.1, 0.15) is 0 Å². The fourth-order valence-corrected chi connectivity index (χ4v) is 3.67. The molecule has 2 unspecified atom stereocenters. The van der Waals surface area contributed by atoms with Gasteiger partial charge in [-0.15, -0.1) is 0 Å². The Bertz CT molecular complexity index is 249. The molecule has 2 atom stereocenters. The fourth-order valence-electron chi connectivity index (χ4n) is 3.67. The Morgan fingerprint density at radius 3 is 2.83 bits per heavy atom. The molecular formula is C14H29N3O. The topological polar surface area (TPSA) is 41.7 Å². The Morgan fingerprint density at radius 1 is 1.28 bits per heavy atom. The highest BCUT2D eigenvalue weighted by molar-refractivity contribution is 4.98. The summed E-state index contributed by atoms with van der Waals surface area (Å²) >= 11 is 0. The Labute approximate surface area is 111 Å². The first-order valence-corrected chi connectivity index (χ1v) is 7.37. The molecule has 0 aliphatic carbocycles. The average Bonchev–Trinajstić information content (AvgIpc) is 2.66. The van der Waals surface area contributed by atoms with Crippen molar-refractivity contribution >= 4 is 0 Å². The number of hydrogen-bond donors (Lipinski definition) is 1. The molecule has 2 heterocycles. The second-order valence-corrected chi connectivity index (χ2v) is 6.15. The van der Waals surface area contributed by atoms with Crippen LogP contribution in [0.3, 0.4) is 0 Å². The summed E-state index contributed by atoms with van der Waals surface area (Å²) in [7, 11) is 4.34. The van der Waals surface area contributed by atoms with Crippen molar-refractivity contribution in [3.8, 4) is 0 Å². The normalized spacial score (nSPS) is 35.0. The molecule has 4 nitrogen and oxygen atoms in total. The Hall–Kier alpha value is -0.160. The Balaban J connectivity index is 2.09. The Kier molecular flexibility index (Phi) is 5.01. The lowest BCUT2D eigenvalue weighted by Crippen LogP contribution is -2.57. The molecule has 18 heavy (non-hydrogen) atoms. The second-order valence-electron chi connectivity index (χ2n) is 6.15. The summed E-state index contributed by atoms with van der Waals surface area (Å²) in [4.78, 5) is 5.02. The third-order valence-corrected chi connectivity index (χ3v) is 4.58. The number of nitrogens with zero attached hydrogens (tertiary/aromatic N) is 2. The van der Waals surface area contributed by atoms with Gasteiger partial charge in [0.05, 0.1) is 0 Å². The van der Waals surface area contributed by atoms with Crippen LogP contribution in [0.1, 0.15) is 32.1 Å². The average molecular weight is 255 g/mol. The zero-order valence-corrected chi connectivity index (χ0v) is 12.0. The molecule has 2 fully saturated rings. The largest absolute Gasteiger partial charge is 0.381 e. The van der Waals surface area contributed by atoms with E-state index in [1.54, 1.807) is 0 Å². The molecule has 0 radical (unpaired) electrons. The van der Waals surface area contributed by atoms with Crippen LogP contribution >= 0.6 is 0 Å². The van der Waals surface area contributed by atoms with Crippen LogP contribution in [0.5, 0.6) is 0 Å². The molecular weight excluding hydrogens is 226 g/mol. The summed E-state index contributed by atoms with van der Waals surface area (Å²) < 4.78 is 5.63. The van der Waals surface area contributed by atoms with Crippen molar-refractivity contribution in [1.82, 2.24) is 9.80 Å². The molecule has 4 heteroatoms. The van der Waals surface area contributed by atoms with Gasteiger partial charge in [0.2, 0.25) is 0 Å². The molecule has 0 aromatic carbocycles. The molecule has 0 spiro atoms. The molecule has 0 saturated carbocycles. The van der Waals surface area contributed by atoms with Gasteiger partial charge in [-0.3, -0.25) is 4.90 Å². The van der Waals surface area contributed by atoms with E-state index >= 15 is 0 Å². The predicted molar refractivity (Wildman–Crippen MR) is 74.7 cm³/mol. The molecule has 2 rings (SSSR count). The van der Waals surface area contributed by atoms with Crippen LogP contribution in [-0.2, 0) is 4.74 Å². The van der Waals surface area contributed by atoms with E-state index in [1.165, 1.54) is 25.8 Å². The predicted octanol–water partition coefficient (Wildman–Crippen LogP) is 0.910. The molecule has 0 amide bonds. The van der Waals surface area contributed by atoms with Gasteiger partial charge in [-0.25, -0.2) is 0 Å². The van der Waals surface area contributed by atoms with Crippen molar-refractivity contribution in [1.29, 1.82) is 0 Å². The van der Waals surface area contributed by atoms with E-state index in [2.05, 4.69) is 23.9 Å². The van der Waals surface area contributed by atoms with Crippen LogP contribution in [0.4, 0.5) is 0 Å². The smallest absolute Gasteiger partial charge is 0.0484 e. The summed E-state index contributed by atoms with van der Waals surface area (Å²) in [6.07, 6.45) is 6.10. The minimum atomic E-state index is 0.202.